The maximum absolute atomic E-state index is 12.3. The van der Waals surface area contributed by atoms with Gasteiger partial charge in [0.25, 0.3) is 5.91 Å². The Morgan fingerprint density at radius 1 is 1.36 bits per heavy atom. The smallest absolute Gasteiger partial charge is 0.277 e. The Kier molecular flexibility index (Phi) is 5.47. The average Bonchev–Trinajstić information content (AvgIpc) is 2.80. The zero-order valence-electron chi connectivity index (χ0n) is 12.9. The lowest BCUT2D eigenvalue weighted by atomic mass is 10.2. The van der Waals surface area contributed by atoms with Crippen molar-refractivity contribution in [2.75, 3.05) is 32.1 Å². The van der Waals surface area contributed by atoms with Crippen molar-refractivity contribution in [3.63, 3.8) is 0 Å². The molecule has 1 amide bonds. The summed E-state index contributed by atoms with van der Waals surface area (Å²) in [6, 6.07) is 7.39. The fourth-order valence-electron chi connectivity index (χ4n) is 2.68. The van der Waals surface area contributed by atoms with Crippen LogP contribution in [0, 0.1) is 0 Å². The predicted molar refractivity (Wildman–Crippen MR) is 86.7 cm³/mol. The average molecular weight is 346 g/mol. The Morgan fingerprint density at radius 3 is 2.55 bits per heavy atom. The van der Waals surface area contributed by atoms with E-state index in [2.05, 4.69) is 0 Å². The second-order valence-corrected chi connectivity index (χ2v) is 8.66. The van der Waals surface area contributed by atoms with Gasteiger partial charge in [0.05, 0.1) is 18.6 Å². The summed E-state index contributed by atoms with van der Waals surface area (Å²) in [6.07, 6.45) is 0.542. The topological polar surface area (TPSA) is 58.9 Å². The van der Waals surface area contributed by atoms with E-state index in [1.807, 2.05) is 31.3 Å². The first kappa shape index (κ1) is 17.2. The summed E-state index contributed by atoms with van der Waals surface area (Å²) in [5.41, 5.74) is 1.11. The van der Waals surface area contributed by atoms with Crippen molar-refractivity contribution in [1.29, 1.82) is 0 Å². The zero-order valence-corrected chi connectivity index (χ0v) is 14.5. The number of benzene rings is 1. The Bertz CT molecular complexity index is 631. The van der Waals surface area contributed by atoms with Crippen LogP contribution in [0.15, 0.2) is 24.3 Å². The molecule has 1 aliphatic heterocycles. The Balaban J connectivity index is 1.87. The molecule has 2 atom stereocenters. The van der Waals surface area contributed by atoms with Gasteiger partial charge in [-0.1, -0.05) is 23.7 Å². The van der Waals surface area contributed by atoms with Crippen LogP contribution in [0.4, 0.5) is 0 Å². The van der Waals surface area contributed by atoms with Crippen molar-refractivity contribution in [1.82, 2.24) is 4.90 Å². The molecule has 1 saturated heterocycles. The molecular formula is C15H22ClN2O3S+. The van der Waals surface area contributed by atoms with Gasteiger partial charge in [-0.2, -0.15) is 0 Å². The van der Waals surface area contributed by atoms with Crippen molar-refractivity contribution in [2.24, 2.45) is 0 Å². The predicted octanol–water partition coefficient (Wildman–Crippen LogP) is 0.000200. The highest BCUT2D eigenvalue weighted by Crippen LogP contribution is 2.16. The number of likely N-dealkylation sites (N-methyl/N-ethyl adjacent to an activating group) is 2. The molecule has 0 saturated carbocycles. The number of sulfone groups is 1. The molecule has 1 aliphatic rings. The van der Waals surface area contributed by atoms with Gasteiger partial charge in [-0.05, 0) is 18.6 Å². The molecule has 0 spiro atoms. The first-order valence-corrected chi connectivity index (χ1v) is 9.48. The van der Waals surface area contributed by atoms with Gasteiger partial charge in [-0.15, -0.1) is 0 Å². The summed E-state index contributed by atoms with van der Waals surface area (Å²) in [5, 5.41) is 0.694. The van der Waals surface area contributed by atoms with E-state index in [-0.39, 0.29) is 23.5 Å². The number of hydrogen-bond donors (Lipinski definition) is 1. The molecule has 0 radical (unpaired) electrons. The zero-order chi connectivity index (χ0) is 16.3. The van der Waals surface area contributed by atoms with E-state index in [0.29, 0.717) is 18.0 Å². The fraction of sp³-hybridized carbons (Fsp3) is 0.533. The highest BCUT2D eigenvalue weighted by molar-refractivity contribution is 7.91. The molecule has 1 N–H and O–H groups in total. The van der Waals surface area contributed by atoms with Gasteiger partial charge in [-0.3, -0.25) is 4.79 Å². The number of rotatable bonds is 5. The molecule has 7 heteroatoms. The summed E-state index contributed by atoms with van der Waals surface area (Å²) in [5.74, 6) is 0.252. The SMILES string of the molecule is CN(C(=O)C[NH+](C)Cc1ccc(Cl)cc1)[C@H]1CCS(=O)(=O)C1. The Labute approximate surface area is 136 Å². The largest absolute Gasteiger partial charge is 0.337 e. The quantitative estimate of drug-likeness (QED) is 0.817. The molecule has 0 bridgehead atoms. The summed E-state index contributed by atoms with van der Waals surface area (Å²) >= 11 is 5.85. The fourth-order valence-corrected chi connectivity index (χ4v) is 4.58. The Morgan fingerprint density at radius 2 is 2.00 bits per heavy atom. The molecule has 0 aromatic heterocycles. The van der Waals surface area contributed by atoms with Crippen molar-refractivity contribution >= 4 is 27.3 Å². The third-order valence-electron chi connectivity index (χ3n) is 4.02. The highest BCUT2D eigenvalue weighted by Gasteiger charge is 2.33. The second-order valence-electron chi connectivity index (χ2n) is 6.00. The normalized spacial score (nSPS) is 21.5. The maximum atomic E-state index is 12.3. The van der Waals surface area contributed by atoms with E-state index in [4.69, 9.17) is 11.6 Å². The van der Waals surface area contributed by atoms with Crippen LogP contribution in [0.3, 0.4) is 0 Å². The standard InChI is InChI=1S/C15H21ClN2O3S/c1-17(9-12-3-5-13(16)6-4-12)10-15(19)18(2)14-7-8-22(20,21)11-14/h3-6,14H,7-11H2,1-2H3/p+1/t14-/m0/s1. The second kappa shape index (κ2) is 6.98. The lowest BCUT2D eigenvalue weighted by Gasteiger charge is -2.24. The summed E-state index contributed by atoms with van der Waals surface area (Å²) in [6.45, 7) is 1.06. The molecule has 1 fully saturated rings. The van der Waals surface area contributed by atoms with Crippen molar-refractivity contribution in [2.45, 2.75) is 19.0 Å². The lowest BCUT2D eigenvalue weighted by Crippen LogP contribution is -3.08. The number of carbonyl (C=O) groups is 1. The van der Waals surface area contributed by atoms with Crippen LogP contribution in [0.1, 0.15) is 12.0 Å². The number of nitrogens with one attached hydrogen (secondary N) is 1. The van der Waals surface area contributed by atoms with E-state index in [9.17, 15) is 13.2 Å². The van der Waals surface area contributed by atoms with Gasteiger partial charge >= 0.3 is 0 Å². The highest BCUT2D eigenvalue weighted by atomic mass is 35.5. The molecular weight excluding hydrogens is 324 g/mol. The molecule has 1 aromatic carbocycles. The minimum absolute atomic E-state index is 0.0198. The number of quaternary nitrogens is 1. The lowest BCUT2D eigenvalue weighted by molar-refractivity contribution is -0.885. The van der Waals surface area contributed by atoms with E-state index >= 15 is 0 Å². The molecule has 22 heavy (non-hydrogen) atoms. The third kappa shape index (κ3) is 4.69. The summed E-state index contributed by atoms with van der Waals surface area (Å²) in [4.78, 5) is 14.9. The third-order valence-corrected chi connectivity index (χ3v) is 6.02. The van der Waals surface area contributed by atoms with Crippen molar-refractivity contribution < 1.29 is 18.1 Å². The van der Waals surface area contributed by atoms with Crippen molar-refractivity contribution in [3.8, 4) is 0 Å². The molecule has 1 heterocycles. The van der Waals surface area contributed by atoms with Crippen LogP contribution in [0.25, 0.3) is 0 Å². The Hall–Kier alpha value is -1.11. The minimum atomic E-state index is -2.97. The van der Waals surface area contributed by atoms with Gasteiger partial charge < -0.3 is 9.80 Å². The van der Waals surface area contributed by atoms with Crippen LogP contribution < -0.4 is 4.90 Å². The van der Waals surface area contributed by atoms with E-state index < -0.39 is 9.84 Å². The van der Waals surface area contributed by atoms with Crippen LogP contribution in [0.5, 0.6) is 0 Å². The molecule has 122 valence electrons. The van der Waals surface area contributed by atoms with Gasteiger partial charge in [0.2, 0.25) is 0 Å². The monoisotopic (exact) mass is 345 g/mol. The number of amides is 1. The van der Waals surface area contributed by atoms with Gasteiger partial charge in [0, 0.05) is 23.7 Å². The molecule has 5 nitrogen and oxygen atoms in total. The first-order chi connectivity index (χ1) is 10.3. The number of halogens is 1. The number of carbonyl (C=O) groups excluding carboxylic acids is 1. The molecule has 1 unspecified atom stereocenters. The van der Waals surface area contributed by atoms with E-state index in [1.54, 1.807) is 11.9 Å². The minimum Gasteiger partial charge on any atom is -0.337 e. The van der Waals surface area contributed by atoms with Gasteiger partial charge in [0.1, 0.15) is 6.54 Å². The van der Waals surface area contributed by atoms with E-state index in [1.165, 1.54) is 0 Å². The van der Waals surface area contributed by atoms with Crippen molar-refractivity contribution in [3.05, 3.63) is 34.9 Å². The van der Waals surface area contributed by atoms with E-state index in [0.717, 1.165) is 17.0 Å². The summed E-state index contributed by atoms with van der Waals surface area (Å²) in [7, 11) is 0.680. The van der Waals surface area contributed by atoms with Gasteiger partial charge in [-0.25, -0.2) is 8.42 Å². The first-order valence-electron chi connectivity index (χ1n) is 7.28. The molecule has 0 aliphatic carbocycles. The van der Waals surface area contributed by atoms with Crippen LogP contribution >= 0.6 is 11.6 Å². The number of nitrogens with zero attached hydrogens (tertiary/aromatic N) is 1. The number of hydrogen-bond acceptors (Lipinski definition) is 3. The molecule has 1 aromatic rings. The van der Waals surface area contributed by atoms with Gasteiger partial charge in [0.15, 0.2) is 16.4 Å². The van der Waals surface area contributed by atoms with Crippen LogP contribution in [0.2, 0.25) is 5.02 Å². The maximum Gasteiger partial charge on any atom is 0.277 e. The van der Waals surface area contributed by atoms with Crippen LogP contribution in [-0.2, 0) is 21.2 Å². The van der Waals surface area contributed by atoms with Crippen LogP contribution in [-0.4, -0.2) is 57.4 Å². The summed E-state index contributed by atoms with van der Waals surface area (Å²) < 4.78 is 23.0. The molecule has 2 rings (SSSR count).